The fraction of sp³-hybridized carbons (Fsp3) is 0. The van der Waals surface area contributed by atoms with Gasteiger partial charge in [-0.3, -0.25) is 0 Å². The number of nitrogens with zero attached hydrogens (tertiary/aromatic N) is 2. The molecule has 0 aliphatic carbocycles. The lowest BCUT2D eigenvalue weighted by Crippen LogP contribution is -2.10. The van der Waals surface area contributed by atoms with Crippen LogP contribution in [0.15, 0.2) is 267 Å². The highest BCUT2D eigenvalue weighted by molar-refractivity contribution is 6.36. The number of para-hydroxylation sites is 2. The third kappa shape index (κ3) is 6.57. The summed E-state index contributed by atoms with van der Waals surface area (Å²) in [6, 6.07) is 97.7. The van der Waals surface area contributed by atoms with E-state index in [1.165, 1.54) is 75.8 Å². The second-order valence-corrected chi connectivity index (χ2v) is 17.6. The van der Waals surface area contributed by atoms with E-state index in [1.54, 1.807) is 0 Å². The van der Waals surface area contributed by atoms with E-state index in [0.29, 0.717) is 0 Å². The van der Waals surface area contributed by atoms with Gasteiger partial charge in [0.05, 0.1) is 5.69 Å². The molecule has 318 valence electrons. The van der Waals surface area contributed by atoms with Gasteiger partial charge in [-0.2, -0.15) is 0 Å². The number of hydrogen-bond acceptors (Lipinski definition) is 2. The van der Waals surface area contributed by atoms with Gasteiger partial charge in [0.25, 0.3) is 0 Å². The number of fused-ring (bicyclic) bond motifs is 9. The van der Waals surface area contributed by atoms with Crippen LogP contribution in [0.2, 0.25) is 0 Å². The lowest BCUT2D eigenvalue weighted by molar-refractivity contribution is 1.29. The van der Waals surface area contributed by atoms with Gasteiger partial charge in [0, 0.05) is 33.8 Å². The zero-order valence-electron chi connectivity index (χ0n) is 37.3. The fourth-order valence-corrected chi connectivity index (χ4v) is 10.8. The molecule has 0 N–H and O–H groups in total. The number of hydrogen-bond donors (Lipinski definition) is 0. The Hall–Kier alpha value is -8.98. The molecule has 2 nitrogen and oxygen atoms in total. The first-order valence-corrected chi connectivity index (χ1v) is 23.4. The van der Waals surface area contributed by atoms with Gasteiger partial charge in [-0.25, -0.2) is 0 Å². The highest BCUT2D eigenvalue weighted by atomic mass is 15.1. The van der Waals surface area contributed by atoms with Crippen molar-refractivity contribution in [3.8, 4) is 22.3 Å². The van der Waals surface area contributed by atoms with Crippen LogP contribution in [-0.4, -0.2) is 0 Å². The molecule has 13 rings (SSSR count). The smallest absolute Gasteiger partial charge is 0.0540 e. The van der Waals surface area contributed by atoms with E-state index in [0.717, 1.165) is 45.3 Å². The Balaban J connectivity index is 1.10. The molecule has 0 saturated heterocycles. The van der Waals surface area contributed by atoms with E-state index in [-0.39, 0.29) is 0 Å². The van der Waals surface area contributed by atoms with Crippen LogP contribution < -0.4 is 9.80 Å². The molecule has 0 fully saturated rings. The van der Waals surface area contributed by atoms with E-state index in [9.17, 15) is 0 Å². The molecule has 0 aromatic heterocycles. The van der Waals surface area contributed by atoms with E-state index in [4.69, 9.17) is 0 Å². The maximum Gasteiger partial charge on any atom is 0.0540 e. The molecule has 13 aromatic carbocycles. The average molecular weight is 865 g/mol. The minimum atomic E-state index is 1.09. The molecule has 0 spiro atoms. The summed E-state index contributed by atoms with van der Waals surface area (Å²) in [5.41, 5.74) is 11.4. The maximum atomic E-state index is 2.41. The molecule has 0 heterocycles. The first kappa shape index (κ1) is 39.4. The summed E-state index contributed by atoms with van der Waals surface area (Å²) in [6.07, 6.45) is 0. The molecule has 0 saturated carbocycles. The molecule has 0 radical (unpaired) electrons. The maximum absolute atomic E-state index is 2.41. The monoisotopic (exact) mass is 864 g/mol. The van der Waals surface area contributed by atoms with E-state index in [2.05, 4.69) is 277 Å². The Labute approximate surface area is 395 Å². The Bertz CT molecular complexity index is 4040. The van der Waals surface area contributed by atoms with Crippen LogP contribution in [0.3, 0.4) is 0 Å². The zero-order valence-corrected chi connectivity index (χ0v) is 37.3. The summed E-state index contributed by atoms with van der Waals surface area (Å²) in [5.74, 6) is 0. The first-order chi connectivity index (χ1) is 33.8. The predicted octanol–water partition coefficient (Wildman–Crippen LogP) is 18.9. The van der Waals surface area contributed by atoms with Gasteiger partial charge in [-0.15, -0.1) is 0 Å². The zero-order chi connectivity index (χ0) is 45.0. The molecule has 13 aromatic rings. The molecule has 0 aliphatic rings. The molecule has 0 atom stereocenters. The van der Waals surface area contributed by atoms with Gasteiger partial charge in [-0.05, 0) is 148 Å². The lowest BCUT2D eigenvalue weighted by Gasteiger charge is -2.28. The summed E-state index contributed by atoms with van der Waals surface area (Å²) >= 11 is 0. The predicted molar refractivity (Wildman–Crippen MR) is 292 cm³/mol. The van der Waals surface area contributed by atoms with Crippen LogP contribution in [-0.2, 0) is 0 Å². The standard InChI is InChI=1S/C66H44N2/c1-3-26-50(27-4-1)67(54-41-40-45-20-7-8-22-47(45)42-54)52-30-17-24-48(43-52)63-60-37-15-16-38-61(60)64(66-59-36-14-12-34-57(59)56-33-11-13-35-58(56)65(63)66)49-25-18-31-53(44-49)68(51-28-5-2-6-29-51)62-39-19-23-46-21-9-10-32-55(46)62/h1-44H. The third-order valence-electron chi connectivity index (χ3n) is 13.7. The largest absolute Gasteiger partial charge is 0.310 e. The summed E-state index contributed by atoms with van der Waals surface area (Å²) in [6.45, 7) is 0. The van der Waals surface area contributed by atoms with Crippen molar-refractivity contribution in [2.75, 3.05) is 9.80 Å². The molecule has 0 unspecified atom stereocenters. The average Bonchev–Trinajstić information content (AvgIpc) is 3.41. The normalized spacial score (nSPS) is 11.5. The van der Waals surface area contributed by atoms with Crippen molar-refractivity contribution in [2.24, 2.45) is 0 Å². The van der Waals surface area contributed by atoms with Crippen LogP contribution in [0.25, 0.3) is 86.9 Å². The Morgan fingerprint density at radius 1 is 0.206 bits per heavy atom. The Morgan fingerprint density at radius 2 is 0.603 bits per heavy atom. The quantitative estimate of drug-likeness (QED) is 0.111. The highest BCUT2D eigenvalue weighted by Crippen LogP contribution is 2.51. The van der Waals surface area contributed by atoms with Crippen molar-refractivity contribution in [1.82, 2.24) is 0 Å². The van der Waals surface area contributed by atoms with Crippen LogP contribution in [0.5, 0.6) is 0 Å². The second-order valence-electron chi connectivity index (χ2n) is 17.6. The van der Waals surface area contributed by atoms with Gasteiger partial charge in [0.15, 0.2) is 0 Å². The molecular weight excluding hydrogens is 821 g/mol. The molecular formula is C66H44N2. The molecule has 2 heteroatoms. The van der Waals surface area contributed by atoms with Gasteiger partial charge >= 0.3 is 0 Å². The van der Waals surface area contributed by atoms with Gasteiger partial charge in [0.1, 0.15) is 0 Å². The minimum Gasteiger partial charge on any atom is -0.310 e. The lowest BCUT2D eigenvalue weighted by atomic mass is 9.81. The fourth-order valence-electron chi connectivity index (χ4n) is 10.8. The molecule has 0 aliphatic heterocycles. The summed E-state index contributed by atoms with van der Waals surface area (Å²) in [4.78, 5) is 4.81. The molecule has 0 amide bonds. The topological polar surface area (TPSA) is 6.48 Å². The highest BCUT2D eigenvalue weighted by Gasteiger charge is 2.24. The molecule has 0 bridgehead atoms. The summed E-state index contributed by atoms with van der Waals surface area (Å²) in [7, 11) is 0. The second kappa shape index (κ2) is 16.5. The first-order valence-electron chi connectivity index (χ1n) is 23.4. The minimum absolute atomic E-state index is 1.09. The van der Waals surface area contributed by atoms with Crippen LogP contribution in [0.4, 0.5) is 34.1 Å². The van der Waals surface area contributed by atoms with Crippen LogP contribution >= 0.6 is 0 Å². The Morgan fingerprint density at radius 3 is 1.19 bits per heavy atom. The van der Waals surface area contributed by atoms with Crippen molar-refractivity contribution < 1.29 is 0 Å². The number of anilines is 6. The third-order valence-corrected chi connectivity index (χ3v) is 13.7. The van der Waals surface area contributed by atoms with E-state index >= 15 is 0 Å². The van der Waals surface area contributed by atoms with Crippen molar-refractivity contribution in [2.45, 2.75) is 0 Å². The summed E-state index contributed by atoms with van der Waals surface area (Å²) in [5, 5.41) is 14.7. The van der Waals surface area contributed by atoms with Crippen molar-refractivity contribution >= 4 is 98.8 Å². The van der Waals surface area contributed by atoms with Gasteiger partial charge in [0.2, 0.25) is 0 Å². The van der Waals surface area contributed by atoms with Gasteiger partial charge in [-0.1, -0.05) is 200 Å². The van der Waals surface area contributed by atoms with Crippen LogP contribution in [0, 0.1) is 0 Å². The van der Waals surface area contributed by atoms with E-state index in [1.807, 2.05) is 0 Å². The van der Waals surface area contributed by atoms with Crippen LogP contribution in [0.1, 0.15) is 0 Å². The number of rotatable bonds is 8. The number of benzene rings is 13. The van der Waals surface area contributed by atoms with Crippen molar-refractivity contribution in [1.29, 1.82) is 0 Å². The van der Waals surface area contributed by atoms with Crippen molar-refractivity contribution in [3.63, 3.8) is 0 Å². The summed E-state index contributed by atoms with van der Waals surface area (Å²) < 4.78 is 0. The van der Waals surface area contributed by atoms with Gasteiger partial charge < -0.3 is 9.80 Å². The molecule has 68 heavy (non-hydrogen) atoms. The SMILES string of the molecule is c1ccc(N(c2cccc(-c3c4ccccc4c(-c4cccc(N(c5ccccc5)c5cccc6ccccc56)c4)c4c5ccccc5c5ccccc5c34)c2)c2ccc3ccccc3c2)cc1. The van der Waals surface area contributed by atoms with E-state index < -0.39 is 0 Å². The Kier molecular flexibility index (Phi) is 9.54. The van der Waals surface area contributed by atoms with Crippen molar-refractivity contribution in [3.05, 3.63) is 267 Å².